The van der Waals surface area contributed by atoms with Crippen LogP contribution in [0, 0.1) is 11.8 Å². The van der Waals surface area contributed by atoms with Crippen molar-refractivity contribution in [1.82, 2.24) is 0 Å². The van der Waals surface area contributed by atoms with Gasteiger partial charge in [-0.1, -0.05) is 12.8 Å². The number of ether oxygens (including phenoxy) is 1. The van der Waals surface area contributed by atoms with Gasteiger partial charge in [-0.25, -0.2) is 0 Å². The van der Waals surface area contributed by atoms with Crippen molar-refractivity contribution in [2.24, 2.45) is 0 Å². The highest BCUT2D eigenvalue weighted by Gasteiger charge is 2.30. The minimum absolute atomic E-state index is 0.611. The molecule has 1 aliphatic heterocycles. The molecule has 0 saturated heterocycles. The van der Waals surface area contributed by atoms with Gasteiger partial charge in [-0.15, -0.1) is 5.92 Å². The second-order valence-electron chi connectivity index (χ2n) is 3.85. The van der Waals surface area contributed by atoms with Crippen molar-refractivity contribution in [2.45, 2.75) is 46.1 Å². The molecule has 1 atom stereocenters. The lowest BCUT2D eigenvalue weighted by molar-refractivity contribution is 0.0866. The molecule has 2 nitrogen and oxygen atoms in total. The topological polar surface area (TPSA) is 29.5 Å². The molecule has 1 rings (SSSR count). The van der Waals surface area contributed by atoms with E-state index in [2.05, 4.69) is 18.8 Å². The Bertz CT molecular complexity index is 362. The third-order valence-corrected chi connectivity index (χ3v) is 2.46. The first kappa shape index (κ1) is 11.9. The normalized spacial score (nSPS) is 19.7. The second-order valence-corrected chi connectivity index (χ2v) is 3.85. The molecular formula is C13H18O2. The molecule has 0 amide bonds. The van der Waals surface area contributed by atoms with E-state index in [-0.39, 0.29) is 0 Å². The Hall–Kier alpha value is -1.20. The van der Waals surface area contributed by atoms with Crippen molar-refractivity contribution < 1.29 is 9.84 Å². The fourth-order valence-corrected chi connectivity index (χ4v) is 1.68. The van der Waals surface area contributed by atoms with Crippen molar-refractivity contribution in [3.63, 3.8) is 0 Å². The molecule has 82 valence electrons. The zero-order chi connectivity index (χ0) is 11.5. The highest BCUT2D eigenvalue weighted by Crippen LogP contribution is 2.31. The maximum absolute atomic E-state index is 10.2. The summed E-state index contributed by atoms with van der Waals surface area (Å²) in [5.74, 6) is 6.95. The van der Waals surface area contributed by atoms with Crippen LogP contribution in [0.2, 0.25) is 0 Å². The Morgan fingerprint density at radius 2 is 2.27 bits per heavy atom. The number of aliphatic hydroxyl groups is 1. The van der Waals surface area contributed by atoms with Gasteiger partial charge in [-0.2, -0.15) is 0 Å². The van der Waals surface area contributed by atoms with Gasteiger partial charge in [-0.3, -0.25) is 0 Å². The summed E-state index contributed by atoms with van der Waals surface area (Å²) in [7, 11) is 0. The molecule has 0 aromatic rings. The van der Waals surface area contributed by atoms with Gasteiger partial charge in [0.25, 0.3) is 0 Å². The van der Waals surface area contributed by atoms with E-state index < -0.39 is 5.60 Å². The van der Waals surface area contributed by atoms with Crippen LogP contribution >= 0.6 is 0 Å². The summed E-state index contributed by atoms with van der Waals surface area (Å²) < 4.78 is 5.60. The monoisotopic (exact) mass is 206 g/mol. The molecule has 2 heteroatoms. The van der Waals surface area contributed by atoms with Crippen LogP contribution in [-0.4, -0.2) is 10.7 Å². The van der Waals surface area contributed by atoms with E-state index in [1.165, 1.54) is 0 Å². The second kappa shape index (κ2) is 4.55. The summed E-state index contributed by atoms with van der Waals surface area (Å²) in [5, 5.41) is 10.2. The molecular weight excluding hydrogens is 188 g/mol. The maximum atomic E-state index is 10.2. The first-order chi connectivity index (χ1) is 7.01. The van der Waals surface area contributed by atoms with E-state index in [0.29, 0.717) is 5.76 Å². The van der Waals surface area contributed by atoms with Gasteiger partial charge in [0.15, 0.2) is 5.60 Å². The Kier molecular flexibility index (Phi) is 3.60. The summed E-state index contributed by atoms with van der Waals surface area (Å²) in [4.78, 5) is 0. The first-order valence-electron chi connectivity index (χ1n) is 5.24. The standard InChI is InChI=1S/C13H18O2/c1-5-9-13(4,14)12-11(6-2)8-7-10(3)15-12/h7,14H,6,8H2,1-4H3. The van der Waals surface area contributed by atoms with E-state index in [1.54, 1.807) is 13.8 Å². The molecule has 1 N–H and O–H groups in total. The molecule has 0 aromatic heterocycles. The Labute approximate surface area is 91.6 Å². The van der Waals surface area contributed by atoms with Crippen LogP contribution in [0.15, 0.2) is 23.2 Å². The van der Waals surface area contributed by atoms with Gasteiger partial charge in [0, 0.05) is 0 Å². The largest absolute Gasteiger partial charge is 0.463 e. The zero-order valence-corrected chi connectivity index (χ0v) is 9.85. The molecule has 0 fully saturated rings. The quantitative estimate of drug-likeness (QED) is 0.704. The van der Waals surface area contributed by atoms with Crippen LogP contribution < -0.4 is 0 Å². The van der Waals surface area contributed by atoms with Crippen molar-refractivity contribution in [2.75, 3.05) is 0 Å². The van der Waals surface area contributed by atoms with Crippen molar-refractivity contribution >= 4 is 0 Å². The molecule has 0 bridgehead atoms. The number of hydrogen-bond donors (Lipinski definition) is 1. The van der Waals surface area contributed by atoms with E-state index in [1.807, 2.05) is 13.0 Å². The lowest BCUT2D eigenvalue weighted by Gasteiger charge is -2.27. The number of hydrogen-bond acceptors (Lipinski definition) is 2. The minimum Gasteiger partial charge on any atom is -0.463 e. The molecule has 0 radical (unpaired) electrons. The van der Waals surface area contributed by atoms with Gasteiger partial charge >= 0.3 is 0 Å². The van der Waals surface area contributed by atoms with Crippen LogP contribution in [0.4, 0.5) is 0 Å². The van der Waals surface area contributed by atoms with Crippen LogP contribution in [0.1, 0.15) is 40.5 Å². The van der Waals surface area contributed by atoms with E-state index >= 15 is 0 Å². The van der Waals surface area contributed by atoms with Crippen LogP contribution in [0.3, 0.4) is 0 Å². The van der Waals surface area contributed by atoms with Gasteiger partial charge in [0.2, 0.25) is 0 Å². The molecule has 0 spiro atoms. The molecule has 15 heavy (non-hydrogen) atoms. The third kappa shape index (κ3) is 2.64. The molecule has 0 saturated carbocycles. The van der Waals surface area contributed by atoms with Crippen LogP contribution in [0.5, 0.6) is 0 Å². The minimum atomic E-state index is -1.17. The number of allylic oxidation sites excluding steroid dienone is 3. The molecule has 1 unspecified atom stereocenters. The maximum Gasteiger partial charge on any atom is 0.180 e. The van der Waals surface area contributed by atoms with Crippen LogP contribution in [-0.2, 0) is 4.74 Å². The van der Waals surface area contributed by atoms with Gasteiger partial charge in [0.1, 0.15) is 5.76 Å². The van der Waals surface area contributed by atoms with Crippen molar-refractivity contribution in [1.29, 1.82) is 0 Å². The Morgan fingerprint density at radius 1 is 1.60 bits per heavy atom. The molecule has 0 aromatic carbocycles. The average Bonchev–Trinajstić information content (AvgIpc) is 2.17. The predicted octanol–water partition coefficient (Wildman–Crippen LogP) is 2.75. The highest BCUT2D eigenvalue weighted by molar-refractivity contribution is 5.33. The van der Waals surface area contributed by atoms with E-state index in [4.69, 9.17) is 4.74 Å². The molecule has 1 aliphatic rings. The Balaban J connectivity index is 3.07. The summed E-state index contributed by atoms with van der Waals surface area (Å²) in [5.41, 5.74) is -0.0522. The molecule has 1 heterocycles. The molecule has 0 aliphatic carbocycles. The summed E-state index contributed by atoms with van der Waals surface area (Å²) in [6, 6.07) is 0. The lowest BCUT2D eigenvalue weighted by Crippen LogP contribution is -2.28. The smallest absolute Gasteiger partial charge is 0.180 e. The summed E-state index contributed by atoms with van der Waals surface area (Å²) in [6.07, 6.45) is 3.75. The SMILES string of the molecule is CC#CC(C)(O)C1=C(CC)CC=C(C)O1. The van der Waals surface area contributed by atoms with E-state index in [9.17, 15) is 5.11 Å². The van der Waals surface area contributed by atoms with Gasteiger partial charge < -0.3 is 9.84 Å². The number of rotatable bonds is 2. The van der Waals surface area contributed by atoms with Crippen molar-refractivity contribution in [3.8, 4) is 11.8 Å². The highest BCUT2D eigenvalue weighted by atomic mass is 16.5. The van der Waals surface area contributed by atoms with Crippen molar-refractivity contribution in [3.05, 3.63) is 23.2 Å². The Morgan fingerprint density at radius 3 is 2.80 bits per heavy atom. The van der Waals surface area contributed by atoms with Gasteiger partial charge in [-0.05, 0) is 45.3 Å². The fraction of sp³-hybridized carbons (Fsp3) is 0.538. The van der Waals surface area contributed by atoms with E-state index in [0.717, 1.165) is 24.2 Å². The third-order valence-electron chi connectivity index (χ3n) is 2.46. The summed E-state index contributed by atoms with van der Waals surface area (Å²) in [6.45, 7) is 7.34. The van der Waals surface area contributed by atoms with Gasteiger partial charge in [0.05, 0.1) is 5.76 Å². The predicted molar refractivity (Wildman–Crippen MR) is 60.8 cm³/mol. The first-order valence-corrected chi connectivity index (χ1v) is 5.24. The summed E-state index contributed by atoms with van der Waals surface area (Å²) >= 11 is 0. The average molecular weight is 206 g/mol. The van der Waals surface area contributed by atoms with Crippen LogP contribution in [0.25, 0.3) is 0 Å². The lowest BCUT2D eigenvalue weighted by atomic mass is 9.95. The fourth-order valence-electron chi connectivity index (χ4n) is 1.68. The zero-order valence-electron chi connectivity index (χ0n) is 9.85.